The Morgan fingerprint density at radius 3 is 3.17 bits per heavy atom. The Kier molecular flexibility index (Phi) is 3.02. The predicted molar refractivity (Wildman–Crippen MR) is 69.4 cm³/mol. The van der Waals surface area contributed by atoms with Gasteiger partial charge in [-0.05, 0) is 18.1 Å². The SMILES string of the molecule is O=C(Cc1c[nH]c2ccccc12)NC1CCOC1. The van der Waals surface area contributed by atoms with Crippen molar-refractivity contribution >= 4 is 16.8 Å². The molecule has 2 aromatic rings. The van der Waals surface area contributed by atoms with Gasteiger partial charge in [0.1, 0.15) is 0 Å². The number of H-pyrrole nitrogens is 1. The quantitative estimate of drug-likeness (QED) is 0.862. The number of hydrogen-bond acceptors (Lipinski definition) is 2. The van der Waals surface area contributed by atoms with Gasteiger partial charge in [0.25, 0.3) is 0 Å². The van der Waals surface area contributed by atoms with E-state index in [0.717, 1.165) is 29.5 Å². The van der Waals surface area contributed by atoms with Gasteiger partial charge >= 0.3 is 0 Å². The fourth-order valence-electron chi connectivity index (χ4n) is 2.38. The van der Waals surface area contributed by atoms with Crippen molar-refractivity contribution in [1.29, 1.82) is 0 Å². The average Bonchev–Trinajstić information content (AvgIpc) is 3.00. The molecule has 0 radical (unpaired) electrons. The zero-order chi connectivity index (χ0) is 12.4. The van der Waals surface area contributed by atoms with Crippen LogP contribution in [-0.2, 0) is 16.0 Å². The number of ether oxygens (including phenoxy) is 1. The summed E-state index contributed by atoms with van der Waals surface area (Å²) in [5.41, 5.74) is 2.12. The molecule has 94 valence electrons. The standard InChI is InChI=1S/C14H16N2O2/c17-14(16-11-5-6-18-9-11)7-10-8-15-13-4-2-1-3-12(10)13/h1-4,8,11,15H,5-7,9H2,(H,16,17). The highest BCUT2D eigenvalue weighted by molar-refractivity contribution is 5.88. The Morgan fingerprint density at radius 1 is 1.44 bits per heavy atom. The molecule has 4 nitrogen and oxygen atoms in total. The zero-order valence-corrected chi connectivity index (χ0v) is 10.1. The van der Waals surface area contributed by atoms with E-state index in [2.05, 4.69) is 10.3 Å². The predicted octanol–water partition coefficient (Wildman–Crippen LogP) is 1.62. The third-order valence-electron chi connectivity index (χ3n) is 3.32. The molecular formula is C14H16N2O2. The van der Waals surface area contributed by atoms with Crippen LogP contribution in [0.25, 0.3) is 10.9 Å². The number of aromatic amines is 1. The highest BCUT2D eigenvalue weighted by Crippen LogP contribution is 2.18. The van der Waals surface area contributed by atoms with Crippen LogP contribution < -0.4 is 5.32 Å². The van der Waals surface area contributed by atoms with Gasteiger partial charge in [-0.3, -0.25) is 4.79 Å². The molecule has 0 spiro atoms. The Labute approximate surface area is 105 Å². The van der Waals surface area contributed by atoms with Gasteiger partial charge in [0, 0.05) is 23.7 Å². The van der Waals surface area contributed by atoms with Crippen LogP contribution in [0.5, 0.6) is 0 Å². The number of amides is 1. The smallest absolute Gasteiger partial charge is 0.224 e. The van der Waals surface area contributed by atoms with Gasteiger partial charge < -0.3 is 15.0 Å². The summed E-state index contributed by atoms with van der Waals surface area (Å²) in [6, 6.07) is 8.21. The van der Waals surface area contributed by atoms with Crippen LogP contribution >= 0.6 is 0 Å². The van der Waals surface area contributed by atoms with Gasteiger partial charge in [-0.1, -0.05) is 18.2 Å². The molecule has 1 aromatic heterocycles. The molecular weight excluding hydrogens is 228 g/mol. The summed E-state index contributed by atoms with van der Waals surface area (Å²) in [4.78, 5) is 15.1. The maximum atomic E-state index is 11.9. The van der Waals surface area contributed by atoms with Crippen LogP contribution in [0.15, 0.2) is 30.5 Å². The lowest BCUT2D eigenvalue weighted by Gasteiger charge is -2.09. The second kappa shape index (κ2) is 4.82. The normalized spacial score (nSPS) is 19.2. The van der Waals surface area contributed by atoms with Crippen molar-refractivity contribution in [3.63, 3.8) is 0 Å². The van der Waals surface area contributed by atoms with Gasteiger partial charge in [-0.15, -0.1) is 0 Å². The van der Waals surface area contributed by atoms with Crippen LogP contribution in [-0.4, -0.2) is 30.1 Å². The van der Waals surface area contributed by atoms with Gasteiger partial charge in [-0.2, -0.15) is 0 Å². The van der Waals surface area contributed by atoms with Crippen molar-refractivity contribution in [3.8, 4) is 0 Å². The van der Waals surface area contributed by atoms with E-state index in [9.17, 15) is 4.79 Å². The lowest BCUT2D eigenvalue weighted by atomic mass is 10.1. The second-order valence-corrected chi connectivity index (χ2v) is 4.66. The summed E-state index contributed by atoms with van der Waals surface area (Å²) in [5.74, 6) is 0.0650. The van der Waals surface area contributed by atoms with Crippen molar-refractivity contribution in [2.45, 2.75) is 18.9 Å². The lowest BCUT2D eigenvalue weighted by Crippen LogP contribution is -2.35. The molecule has 2 heterocycles. The first-order valence-electron chi connectivity index (χ1n) is 6.25. The van der Waals surface area contributed by atoms with Gasteiger partial charge in [0.2, 0.25) is 5.91 Å². The van der Waals surface area contributed by atoms with Crippen LogP contribution in [0.3, 0.4) is 0 Å². The van der Waals surface area contributed by atoms with E-state index in [4.69, 9.17) is 4.74 Å². The van der Waals surface area contributed by atoms with Crippen molar-refractivity contribution in [2.24, 2.45) is 0 Å². The highest BCUT2D eigenvalue weighted by Gasteiger charge is 2.18. The number of hydrogen-bond donors (Lipinski definition) is 2. The fourth-order valence-corrected chi connectivity index (χ4v) is 2.38. The van der Waals surface area contributed by atoms with Crippen molar-refractivity contribution in [3.05, 3.63) is 36.0 Å². The minimum atomic E-state index is 0.0650. The molecule has 1 unspecified atom stereocenters. The molecule has 18 heavy (non-hydrogen) atoms. The van der Waals surface area contributed by atoms with Crippen LogP contribution in [0.2, 0.25) is 0 Å². The van der Waals surface area contributed by atoms with Gasteiger partial charge in [0.05, 0.1) is 19.1 Å². The minimum absolute atomic E-state index is 0.0650. The maximum Gasteiger partial charge on any atom is 0.224 e. The topological polar surface area (TPSA) is 54.1 Å². The number of carbonyl (C=O) groups excluding carboxylic acids is 1. The van der Waals surface area contributed by atoms with E-state index in [1.54, 1.807) is 0 Å². The number of benzene rings is 1. The molecule has 0 aliphatic carbocycles. The Bertz CT molecular complexity index is 556. The minimum Gasteiger partial charge on any atom is -0.379 e. The van der Waals surface area contributed by atoms with E-state index in [0.29, 0.717) is 13.0 Å². The first-order chi connectivity index (χ1) is 8.83. The Balaban J connectivity index is 1.70. The van der Waals surface area contributed by atoms with E-state index in [1.165, 1.54) is 0 Å². The monoisotopic (exact) mass is 244 g/mol. The number of carbonyl (C=O) groups is 1. The van der Waals surface area contributed by atoms with Gasteiger partial charge in [0.15, 0.2) is 0 Å². The Hall–Kier alpha value is -1.81. The summed E-state index contributed by atoms with van der Waals surface area (Å²) in [6.07, 6.45) is 3.25. The molecule has 0 saturated carbocycles. The molecule has 1 saturated heterocycles. The van der Waals surface area contributed by atoms with E-state index in [1.807, 2.05) is 30.5 Å². The van der Waals surface area contributed by atoms with Crippen LogP contribution in [0.1, 0.15) is 12.0 Å². The summed E-state index contributed by atoms with van der Waals surface area (Å²) in [6.45, 7) is 1.39. The molecule has 2 N–H and O–H groups in total. The molecule has 3 rings (SSSR count). The van der Waals surface area contributed by atoms with Crippen LogP contribution in [0.4, 0.5) is 0 Å². The van der Waals surface area contributed by atoms with E-state index >= 15 is 0 Å². The third-order valence-corrected chi connectivity index (χ3v) is 3.32. The largest absolute Gasteiger partial charge is 0.379 e. The molecule has 1 aliphatic heterocycles. The maximum absolute atomic E-state index is 11.9. The first-order valence-corrected chi connectivity index (χ1v) is 6.25. The van der Waals surface area contributed by atoms with E-state index < -0.39 is 0 Å². The molecule has 1 amide bonds. The molecule has 0 bridgehead atoms. The first kappa shape index (κ1) is 11.3. The van der Waals surface area contributed by atoms with Gasteiger partial charge in [-0.25, -0.2) is 0 Å². The summed E-state index contributed by atoms with van der Waals surface area (Å²) >= 11 is 0. The average molecular weight is 244 g/mol. The molecule has 4 heteroatoms. The fraction of sp³-hybridized carbons (Fsp3) is 0.357. The van der Waals surface area contributed by atoms with E-state index in [-0.39, 0.29) is 11.9 Å². The second-order valence-electron chi connectivity index (χ2n) is 4.66. The summed E-state index contributed by atoms with van der Waals surface area (Å²) < 4.78 is 5.24. The zero-order valence-electron chi connectivity index (χ0n) is 10.1. The molecule has 1 aliphatic rings. The molecule has 1 fully saturated rings. The number of fused-ring (bicyclic) bond motifs is 1. The Morgan fingerprint density at radius 2 is 2.33 bits per heavy atom. The van der Waals surface area contributed by atoms with Crippen molar-refractivity contribution in [2.75, 3.05) is 13.2 Å². The number of rotatable bonds is 3. The molecule has 1 aromatic carbocycles. The van der Waals surface area contributed by atoms with Crippen molar-refractivity contribution in [1.82, 2.24) is 10.3 Å². The summed E-state index contributed by atoms with van der Waals surface area (Å²) in [5, 5.41) is 4.12. The molecule has 1 atom stereocenters. The number of nitrogens with one attached hydrogen (secondary N) is 2. The number of para-hydroxylation sites is 1. The van der Waals surface area contributed by atoms with Crippen molar-refractivity contribution < 1.29 is 9.53 Å². The lowest BCUT2D eigenvalue weighted by molar-refractivity contribution is -0.121. The van der Waals surface area contributed by atoms with Crippen LogP contribution in [0, 0.1) is 0 Å². The highest BCUT2D eigenvalue weighted by atomic mass is 16.5. The summed E-state index contributed by atoms with van der Waals surface area (Å²) in [7, 11) is 0. The number of aromatic nitrogens is 1. The third kappa shape index (κ3) is 2.24.